The van der Waals surface area contributed by atoms with Crippen molar-refractivity contribution in [2.24, 2.45) is 0 Å². The molecule has 1 N–H and O–H groups in total. The molecule has 1 aliphatic rings. The third kappa shape index (κ3) is 2.87. The topological polar surface area (TPSA) is 41.0 Å². The molecule has 1 saturated heterocycles. The van der Waals surface area contributed by atoms with Gasteiger partial charge in [0.25, 0.3) is 0 Å². The maximum Gasteiger partial charge on any atom is 0.326 e. The molecule has 0 unspecified atom stereocenters. The van der Waals surface area contributed by atoms with Gasteiger partial charge in [-0.3, -0.25) is 9.47 Å². The first-order valence-electron chi connectivity index (χ1n) is 8.37. The number of benzene rings is 2. The Bertz CT molecular complexity index is 892. The molecule has 24 heavy (non-hydrogen) atoms. The first kappa shape index (κ1) is 15.1. The van der Waals surface area contributed by atoms with Crippen LogP contribution in [0, 0.1) is 5.82 Å². The van der Waals surface area contributed by atoms with Crippen LogP contribution in [0.1, 0.15) is 24.4 Å². The number of H-pyrrole nitrogens is 1. The van der Waals surface area contributed by atoms with Crippen LogP contribution in [0.2, 0.25) is 0 Å². The molecule has 1 fully saturated rings. The lowest BCUT2D eigenvalue weighted by Crippen LogP contribution is -2.36. The van der Waals surface area contributed by atoms with Crippen molar-refractivity contribution < 1.29 is 4.39 Å². The van der Waals surface area contributed by atoms with Gasteiger partial charge in [-0.05, 0) is 36.6 Å². The summed E-state index contributed by atoms with van der Waals surface area (Å²) >= 11 is 0. The van der Waals surface area contributed by atoms with Crippen LogP contribution in [0.25, 0.3) is 11.0 Å². The second-order valence-electron chi connectivity index (χ2n) is 6.45. The molecule has 0 radical (unpaired) electrons. The Balaban J connectivity index is 1.50. The predicted octanol–water partition coefficient (Wildman–Crippen LogP) is 3.31. The van der Waals surface area contributed by atoms with Gasteiger partial charge >= 0.3 is 5.69 Å². The quantitative estimate of drug-likeness (QED) is 0.803. The normalized spacial score (nSPS) is 16.7. The highest BCUT2D eigenvalue weighted by atomic mass is 19.1. The molecule has 4 nitrogen and oxygen atoms in total. The number of rotatable bonds is 3. The summed E-state index contributed by atoms with van der Waals surface area (Å²) in [4.78, 5) is 17.5. The molecule has 1 aliphatic heterocycles. The summed E-state index contributed by atoms with van der Waals surface area (Å²) in [5.74, 6) is -0.325. The van der Waals surface area contributed by atoms with Gasteiger partial charge in [0.05, 0.1) is 11.0 Å². The number of hydrogen-bond donors (Lipinski definition) is 1. The largest absolute Gasteiger partial charge is 0.326 e. The number of nitrogens with zero attached hydrogens (tertiary/aromatic N) is 2. The van der Waals surface area contributed by atoms with Crippen molar-refractivity contribution in [1.82, 2.24) is 14.5 Å². The Morgan fingerprint density at radius 3 is 2.58 bits per heavy atom. The van der Waals surface area contributed by atoms with E-state index < -0.39 is 0 Å². The standard InChI is InChI=1S/C19H20FN3O/c20-15-6-7-18-17(12-15)21-19(24)23(18)16-8-10-22(11-9-16)13-14-4-2-1-3-5-14/h1-7,12,16H,8-11,13H2,(H,21,24). The molecule has 0 aliphatic carbocycles. The van der Waals surface area contributed by atoms with E-state index in [1.54, 1.807) is 10.6 Å². The van der Waals surface area contributed by atoms with Gasteiger partial charge in [0.1, 0.15) is 5.82 Å². The number of likely N-dealkylation sites (tertiary alicyclic amines) is 1. The van der Waals surface area contributed by atoms with Crippen molar-refractivity contribution in [2.75, 3.05) is 13.1 Å². The summed E-state index contributed by atoms with van der Waals surface area (Å²) < 4.78 is 15.1. The molecule has 5 heteroatoms. The number of aromatic nitrogens is 2. The summed E-state index contributed by atoms with van der Waals surface area (Å²) in [5, 5.41) is 0. The van der Waals surface area contributed by atoms with Crippen molar-refractivity contribution in [2.45, 2.75) is 25.4 Å². The van der Waals surface area contributed by atoms with Gasteiger partial charge in [-0.25, -0.2) is 9.18 Å². The zero-order chi connectivity index (χ0) is 16.5. The van der Waals surface area contributed by atoms with Crippen LogP contribution in [-0.4, -0.2) is 27.5 Å². The molecule has 0 amide bonds. The van der Waals surface area contributed by atoms with Crippen LogP contribution in [0.4, 0.5) is 4.39 Å². The van der Waals surface area contributed by atoms with Crippen LogP contribution >= 0.6 is 0 Å². The molecule has 0 saturated carbocycles. The smallest absolute Gasteiger partial charge is 0.305 e. The summed E-state index contributed by atoms with van der Waals surface area (Å²) in [6, 6.07) is 15.1. The second kappa shape index (κ2) is 6.24. The third-order valence-electron chi connectivity index (χ3n) is 4.85. The maximum absolute atomic E-state index is 13.3. The minimum Gasteiger partial charge on any atom is -0.305 e. The van der Waals surface area contributed by atoms with E-state index in [-0.39, 0.29) is 17.5 Å². The molecule has 0 spiro atoms. The van der Waals surface area contributed by atoms with Gasteiger partial charge in [-0.15, -0.1) is 0 Å². The maximum atomic E-state index is 13.3. The molecule has 2 heterocycles. The van der Waals surface area contributed by atoms with E-state index in [1.165, 1.54) is 17.7 Å². The zero-order valence-corrected chi connectivity index (χ0v) is 13.4. The Morgan fingerprint density at radius 1 is 1.08 bits per heavy atom. The van der Waals surface area contributed by atoms with Crippen LogP contribution < -0.4 is 5.69 Å². The van der Waals surface area contributed by atoms with E-state index in [1.807, 2.05) is 6.07 Å². The molecule has 4 rings (SSSR count). The summed E-state index contributed by atoms with van der Waals surface area (Å²) in [7, 11) is 0. The fourth-order valence-corrected chi connectivity index (χ4v) is 3.64. The fraction of sp³-hybridized carbons (Fsp3) is 0.316. The molecule has 3 aromatic rings. The number of nitrogens with one attached hydrogen (secondary N) is 1. The summed E-state index contributed by atoms with van der Waals surface area (Å²) in [5.41, 5.74) is 2.54. The monoisotopic (exact) mass is 325 g/mol. The fourth-order valence-electron chi connectivity index (χ4n) is 3.64. The molecular weight excluding hydrogens is 305 g/mol. The Morgan fingerprint density at radius 2 is 1.83 bits per heavy atom. The van der Waals surface area contributed by atoms with E-state index in [9.17, 15) is 9.18 Å². The van der Waals surface area contributed by atoms with Crippen LogP contribution in [0.3, 0.4) is 0 Å². The van der Waals surface area contributed by atoms with Crippen molar-refractivity contribution in [3.63, 3.8) is 0 Å². The summed E-state index contributed by atoms with van der Waals surface area (Å²) in [6.45, 7) is 2.86. The highest BCUT2D eigenvalue weighted by Crippen LogP contribution is 2.25. The predicted molar refractivity (Wildman–Crippen MR) is 92.5 cm³/mol. The second-order valence-corrected chi connectivity index (χ2v) is 6.45. The van der Waals surface area contributed by atoms with Crippen LogP contribution in [-0.2, 0) is 6.54 Å². The number of hydrogen-bond acceptors (Lipinski definition) is 2. The third-order valence-corrected chi connectivity index (χ3v) is 4.85. The number of halogens is 1. The molecule has 2 aromatic carbocycles. The SMILES string of the molecule is O=c1[nH]c2cc(F)ccc2n1C1CCN(Cc2ccccc2)CC1. The highest BCUT2D eigenvalue weighted by Gasteiger charge is 2.23. The van der Waals surface area contributed by atoms with Crippen molar-refractivity contribution in [3.8, 4) is 0 Å². The lowest BCUT2D eigenvalue weighted by atomic mass is 10.0. The minimum absolute atomic E-state index is 0.142. The highest BCUT2D eigenvalue weighted by molar-refractivity contribution is 5.75. The number of piperidine rings is 1. The van der Waals surface area contributed by atoms with Gasteiger partial charge in [-0.1, -0.05) is 30.3 Å². The Kier molecular flexibility index (Phi) is 3.94. The molecule has 0 atom stereocenters. The van der Waals surface area contributed by atoms with Crippen molar-refractivity contribution >= 4 is 11.0 Å². The molecule has 1 aromatic heterocycles. The van der Waals surface area contributed by atoms with Crippen molar-refractivity contribution in [3.05, 3.63) is 70.4 Å². The van der Waals surface area contributed by atoms with Crippen LogP contribution in [0.5, 0.6) is 0 Å². The Labute approximate surface area is 139 Å². The first-order valence-corrected chi connectivity index (χ1v) is 8.37. The minimum atomic E-state index is -0.325. The lowest BCUT2D eigenvalue weighted by Gasteiger charge is -2.32. The van der Waals surface area contributed by atoms with Gasteiger partial charge in [0.15, 0.2) is 0 Å². The molecular formula is C19H20FN3O. The van der Waals surface area contributed by atoms with Gasteiger partial charge in [-0.2, -0.15) is 0 Å². The van der Waals surface area contributed by atoms with Gasteiger partial charge < -0.3 is 4.98 Å². The Hall–Kier alpha value is -2.40. The van der Waals surface area contributed by atoms with E-state index in [4.69, 9.17) is 0 Å². The number of aromatic amines is 1. The van der Waals surface area contributed by atoms with E-state index >= 15 is 0 Å². The van der Waals surface area contributed by atoms with E-state index in [0.29, 0.717) is 5.52 Å². The van der Waals surface area contributed by atoms with Crippen LogP contribution in [0.15, 0.2) is 53.3 Å². The van der Waals surface area contributed by atoms with Gasteiger partial charge in [0, 0.05) is 25.7 Å². The average Bonchev–Trinajstić information content (AvgIpc) is 2.91. The van der Waals surface area contributed by atoms with E-state index in [2.05, 4.69) is 34.1 Å². The lowest BCUT2D eigenvalue weighted by molar-refractivity contribution is 0.180. The molecule has 124 valence electrons. The number of fused-ring (bicyclic) bond motifs is 1. The zero-order valence-electron chi connectivity index (χ0n) is 13.4. The molecule has 0 bridgehead atoms. The van der Waals surface area contributed by atoms with E-state index in [0.717, 1.165) is 38.0 Å². The summed E-state index contributed by atoms with van der Waals surface area (Å²) in [6.07, 6.45) is 1.86. The first-order chi connectivity index (χ1) is 11.7. The average molecular weight is 325 g/mol. The van der Waals surface area contributed by atoms with Crippen molar-refractivity contribution in [1.29, 1.82) is 0 Å². The number of imidazole rings is 1. The van der Waals surface area contributed by atoms with Gasteiger partial charge in [0.2, 0.25) is 0 Å².